The van der Waals surface area contributed by atoms with Crippen molar-refractivity contribution >= 4 is 78.1 Å². The predicted molar refractivity (Wildman–Crippen MR) is 163 cm³/mol. The maximum Gasteiger partial charge on any atom is 0.317 e. The predicted octanol–water partition coefficient (Wildman–Crippen LogP) is 5.41. The van der Waals surface area contributed by atoms with Gasteiger partial charge in [-0.15, -0.1) is 22.7 Å². The number of rotatable bonds is 10. The van der Waals surface area contributed by atoms with Gasteiger partial charge in [0.15, 0.2) is 0 Å². The van der Waals surface area contributed by atoms with E-state index >= 15 is 0 Å². The Labute approximate surface area is 255 Å². The van der Waals surface area contributed by atoms with Crippen molar-refractivity contribution in [1.82, 2.24) is 0 Å². The number of hydrogen-bond acceptors (Lipinski definition) is 12. The molecule has 0 spiro atoms. The molecule has 4 aromatic rings. The first-order valence-corrected chi connectivity index (χ1v) is 15.7. The van der Waals surface area contributed by atoms with Crippen LogP contribution in [-0.4, -0.2) is 43.8 Å². The molecule has 0 N–H and O–H groups in total. The Hall–Kier alpha value is -4.16. The van der Waals surface area contributed by atoms with E-state index in [1.165, 1.54) is 22.5 Å². The summed E-state index contributed by atoms with van der Waals surface area (Å²) >= 11 is 3.16. The second-order valence-corrected chi connectivity index (χ2v) is 12.5. The molecular formula is C31H30N2O8S2. The van der Waals surface area contributed by atoms with E-state index in [0.717, 1.165) is 49.7 Å². The van der Waals surface area contributed by atoms with E-state index in [9.17, 15) is 19.2 Å². The smallest absolute Gasteiger partial charge is 0.317 e. The molecule has 10 nitrogen and oxygen atoms in total. The van der Waals surface area contributed by atoms with Crippen molar-refractivity contribution in [1.29, 1.82) is 0 Å². The van der Waals surface area contributed by atoms with Gasteiger partial charge in [-0.2, -0.15) is 0 Å². The van der Waals surface area contributed by atoms with Gasteiger partial charge in [-0.25, -0.2) is 0 Å². The number of nitrogens with zero attached hydrogens (tertiary/aromatic N) is 2. The zero-order valence-electron chi connectivity index (χ0n) is 23.8. The topological polar surface area (TPSA) is 112 Å². The number of carbonyl (C=O) groups is 4. The van der Waals surface area contributed by atoms with E-state index in [-0.39, 0.29) is 26.4 Å². The number of anilines is 2. The molecule has 0 radical (unpaired) electrons. The monoisotopic (exact) mass is 622 g/mol. The summed E-state index contributed by atoms with van der Waals surface area (Å²) in [6.45, 7) is 6.31. The van der Waals surface area contributed by atoms with E-state index in [1.54, 1.807) is 36.5 Å². The highest BCUT2D eigenvalue weighted by atomic mass is 32.1. The van der Waals surface area contributed by atoms with Crippen LogP contribution in [0.2, 0.25) is 0 Å². The molecule has 0 fully saturated rings. The molecule has 4 heterocycles. The van der Waals surface area contributed by atoms with Crippen LogP contribution in [0.4, 0.5) is 11.4 Å². The largest absolute Gasteiger partial charge is 0.466 e. The number of benzene rings is 2. The molecule has 2 aromatic carbocycles. The lowest BCUT2D eigenvalue weighted by atomic mass is 9.97. The molecule has 0 amide bonds. The second kappa shape index (κ2) is 12.2. The average Bonchev–Trinajstić information content (AvgIpc) is 3.59. The summed E-state index contributed by atoms with van der Waals surface area (Å²) in [5.74, 6) is -2.37. The maximum absolute atomic E-state index is 12.1. The van der Waals surface area contributed by atoms with E-state index in [2.05, 4.69) is 46.2 Å². The summed E-state index contributed by atoms with van der Waals surface area (Å²) in [5, 5.41) is 2.28. The Bertz CT molecular complexity index is 1620. The fraction of sp³-hybridized carbons (Fsp3) is 0.355. The van der Waals surface area contributed by atoms with Crippen molar-refractivity contribution in [3.05, 3.63) is 57.3 Å². The summed E-state index contributed by atoms with van der Waals surface area (Å²) in [4.78, 5) is 53.8. The Morgan fingerprint density at radius 3 is 1.49 bits per heavy atom. The van der Waals surface area contributed by atoms with Crippen molar-refractivity contribution in [3.63, 3.8) is 0 Å². The summed E-state index contributed by atoms with van der Waals surface area (Å²) < 4.78 is 22.6. The molecule has 2 bridgehead atoms. The number of carbonyl (C=O) groups excluding carboxylic acids is 4. The van der Waals surface area contributed by atoms with Crippen LogP contribution in [0.3, 0.4) is 0 Å². The molecule has 2 aliphatic heterocycles. The Morgan fingerprint density at radius 1 is 0.651 bits per heavy atom. The standard InChI is InChI=1S/C31H30N2O8S2/c1-3-38-28(34)11-30(36)40-15-18-9-20-22-13-32-17-33(24(22)5-7-26(20)42-18)14-23-21-10-19(43-27(21)8-6-25(23)32)16-41-31(37)12-29(35)39-4-2/h5-10H,3-4,11-17H2,1-2H3. The maximum atomic E-state index is 12.1. The minimum atomic E-state index is -0.598. The molecule has 0 unspecified atom stereocenters. The minimum Gasteiger partial charge on any atom is -0.466 e. The zero-order chi connectivity index (χ0) is 30.1. The number of hydrogen-bond donors (Lipinski definition) is 0. The molecule has 0 atom stereocenters. The highest BCUT2D eigenvalue weighted by molar-refractivity contribution is 7.19. The van der Waals surface area contributed by atoms with Gasteiger partial charge < -0.3 is 28.7 Å². The van der Waals surface area contributed by atoms with Crippen LogP contribution in [0.1, 0.15) is 47.6 Å². The fourth-order valence-corrected chi connectivity index (χ4v) is 7.57. The summed E-state index contributed by atoms with van der Waals surface area (Å²) in [6, 6.07) is 12.7. The lowest BCUT2D eigenvalue weighted by molar-refractivity contribution is -0.156. The van der Waals surface area contributed by atoms with Crippen LogP contribution >= 0.6 is 22.7 Å². The third-order valence-corrected chi connectivity index (χ3v) is 9.48. The van der Waals surface area contributed by atoms with Gasteiger partial charge in [-0.3, -0.25) is 19.2 Å². The van der Waals surface area contributed by atoms with Gasteiger partial charge >= 0.3 is 23.9 Å². The highest BCUT2D eigenvalue weighted by Gasteiger charge is 2.32. The summed E-state index contributed by atoms with van der Waals surface area (Å²) in [5.41, 5.74) is 4.82. The minimum absolute atomic E-state index is 0.110. The van der Waals surface area contributed by atoms with Gasteiger partial charge in [-0.1, -0.05) is 0 Å². The van der Waals surface area contributed by atoms with Crippen molar-refractivity contribution in [2.75, 3.05) is 29.7 Å². The van der Waals surface area contributed by atoms with E-state index in [0.29, 0.717) is 0 Å². The number of thiophene rings is 2. The highest BCUT2D eigenvalue weighted by Crippen LogP contribution is 2.45. The third kappa shape index (κ3) is 6.02. The molecule has 43 heavy (non-hydrogen) atoms. The first-order valence-electron chi connectivity index (χ1n) is 14.0. The van der Waals surface area contributed by atoms with Crippen molar-refractivity contribution < 1.29 is 38.1 Å². The first-order chi connectivity index (χ1) is 20.8. The first kappa shape index (κ1) is 28.9. The Morgan fingerprint density at radius 2 is 1.07 bits per heavy atom. The third-order valence-electron chi connectivity index (χ3n) is 7.34. The molecule has 224 valence electrons. The molecule has 6 rings (SSSR count). The lowest BCUT2D eigenvalue weighted by Gasteiger charge is -2.45. The number of ether oxygens (including phenoxy) is 4. The van der Waals surface area contributed by atoms with Crippen LogP contribution in [0.5, 0.6) is 0 Å². The normalized spacial score (nSPS) is 13.4. The fourth-order valence-electron chi connectivity index (χ4n) is 5.56. The van der Waals surface area contributed by atoms with Crippen LogP contribution < -0.4 is 9.80 Å². The molecule has 2 aromatic heterocycles. The van der Waals surface area contributed by atoms with Crippen LogP contribution in [0.15, 0.2) is 36.4 Å². The molecular weight excluding hydrogens is 592 g/mol. The summed E-state index contributed by atoms with van der Waals surface area (Å²) in [6.07, 6.45) is -0.784. The Balaban J connectivity index is 1.18. The number of esters is 4. The second-order valence-electron chi connectivity index (χ2n) is 10.2. The molecule has 2 aliphatic rings. The Kier molecular flexibility index (Phi) is 8.22. The summed E-state index contributed by atoms with van der Waals surface area (Å²) in [7, 11) is 0. The van der Waals surface area contributed by atoms with Crippen LogP contribution in [-0.2, 0) is 64.4 Å². The zero-order valence-corrected chi connectivity index (χ0v) is 25.4. The van der Waals surface area contributed by atoms with Gasteiger partial charge in [0, 0.05) is 54.7 Å². The average molecular weight is 623 g/mol. The van der Waals surface area contributed by atoms with Gasteiger partial charge in [0.1, 0.15) is 26.1 Å². The quantitative estimate of drug-likeness (QED) is 0.129. The van der Waals surface area contributed by atoms with Gasteiger partial charge in [0.2, 0.25) is 0 Å². The molecule has 0 saturated heterocycles. The molecule has 0 saturated carbocycles. The van der Waals surface area contributed by atoms with E-state index in [4.69, 9.17) is 18.9 Å². The van der Waals surface area contributed by atoms with Gasteiger partial charge in [0.05, 0.1) is 19.9 Å². The van der Waals surface area contributed by atoms with Crippen molar-refractivity contribution in [2.45, 2.75) is 53.0 Å². The SMILES string of the molecule is CCOC(=O)CC(=O)OCc1cc2c3c(ccc2s1)N1Cc2c(ccc4sc(COC(=O)CC(=O)OCC)cc24)N(C3)C1. The van der Waals surface area contributed by atoms with Crippen molar-refractivity contribution in [2.24, 2.45) is 0 Å². The number of fused-ring (bicyclic) bond motifs is 10. The van der Waals surface area contributed by atoms with Gasteiger partial charge in [0.25, 0.3) is 0 Å². The molecule has 0 aliphatic carbocycles. The van der Waals surface area contributed by atoms with Crippen LogP contribution in [0.25, 0.3) is 20.2 Å². The van der Waals surface area contributed by atoms with E-state index in [1.807, 2.05) is 0 Å². The van der Waals surface area contributed by atoms with Gasteiger partial charge in [-0.05, 0) is 61.0 Å². The van der Waals surface area contributed by atoms with Crippen molar-refractivity contribution in [3.8, 4) is 0 Å². The molecule has 12 heteroatoms. The lowest BCUT2D eigenvalue weighted by Crippen LogP contribution is -2.46. The van der Waals surface area contributed by atoms with Crippen LogP contribution in [0, 0.1) is 0 Å². The van der Waals surface area contributed by atoms with E-state index < -0.39 is 36.7 Å².